The van der Waals surface area contributed by atoms with Gasteiger partial charge in [0, 0.05) is 19.4 Å². The molecule has 0 aliphatic heterocycles. The second kappa shape index (κ2) is 32.7. The third-order valence-corrected chi connectivity index (χ3v) is 10.2. The molecule has 0 fully saturated rings. The van der Waals surface area contributed by atoms with E-state index in [0.717, 1.165) is 22.3 Å². The van der Waals surface area contributed by atoms with Gasteiger partial charge >= 0.3 is 35.8 Å². The fourth-order valence-corrected chi connectivity index (χ4v) is 6.67. The number of Topliss-reactive ketones (excluding diaryl/α,β-unsaturated/α-hetero) is 2. The summed E-state index contributed by atoms with van der Waals surface area (Å²) in [7, 11) is 7.19. The van der Waals surface area contributed by atoms with Crippen molar-refractivity contribution in [1.29, 1.82) is 0 Å². The van der Waals surface area contributed by atoms with Crippen LogP contribution in [0.15, 0.2) is 121 Å². The van der Waals surface area contributed by atoms with Crippen LogP contribution < -0.4 is 0 Å². The molecule has 4 rings (SSSR count). The Hall–Kier alpha value is -7.08. The molecule has 0 aliphatic rings. The first-order valence-electron chi connectivity index (χ1n) is 23.3. The van der Waals surface area contributed by atoms with Crippen molar-refractivity contribution in [2.45, 2.75) is 76.8 Å². The van der Waals surface area contributed by atoms with E-state index in [1.165, 1.54) is 0 Å². The van der Waals surface area contributed by atoms with Crippen molar-refractivity contribution in [3.63, 3.8) is 0 Å². The van der Waals surface area contributed by atoms with Crippen LogP contribution in [0.5, 0.6) is 0 Å². The number of aliphatic hydroxyl groups is 1. The molecule has 2 atom stereocenters. The van der Waals surface area contributed by atoms with E-state index in [0.29, 0.717) is 19.4 Å². The van der Waals surface area contributed by atoms with Gasteiger partial charge in [-0.3, -0.25) is 38.4 Å². The summed E-state index contributed by atoms with van der Waals surface area (Å²) in [6.07, 6.45) is -2.00. The molecule has 4 aromatic carbocycles. The molecule has 0 saturated carbocycles. The molecule has 17 heteroatoms. The van der Waals surface area contributed by atoms with Gasteiger partial charge in [0.1, 0.15) is 82.9 Å². The molecule has 0 saturated heterocycles. The number of carbonyl (C=O) groups excluding carboxylic acids is 8. The van der Waals surface area contributed by atoms with Gasteiger partial charge in [0.15, 0.2) is 6.10 Å². The van der Waals surface area contributed by atoms with Crippen molar-refractivity contribution in [2.75, 3.05) is 67.6 Å². The van der Waals surface area contributed by atoms with E-state index in [4.69, 9.17) is 28.4 Å². The molecule has 0 aliphatic carbocycles. The Morgan fingerprint density at radius 3 is 1.21 bits per heavy atom. The SMILES string of the molecule is CN(C)CC(COC(=O)CC(=O)OCc1ccccc1)OC(=O)CC(=O)CCc1ccccc1.C[N+](C)(CCO)CC(COC(=O)CC(=O)OCc1ccccc1)OC(=O)CC(=O)CCc1ccccc1. The second-order valence-corrected chi connectivity index (χ2v) is 17.5. The number of hydrogen-bond acceptors (Lipinski definition) is 16. The lowest BCUT2D eigenvalue weighted by Gasteiger charge is -2.32. The van der Waals surface area contributed by atoms with Crippen molar-refractivity contribution in [3.05, 3.63) is 144 Å². The zero-order valence-corrected chi connectivity index (χ0v) is 41.1. The predicted octanol–water partition coefficient (Wildman–Crippen LogP) is 4.96. The monoisotopic (exact) mass is 983 g/mol. The van der Waals surface area contributed by atoms with Gasteiger partial charge in [-0.15, -0.1) is 0 Å². The molecule has 0 bridgehead atoms. The van der Waals surface area contributed by atoms with E-state index in [2.05, 4.69) is 0 Å². The highest BCUT2D eigenvalue weighted by molar-refractivity contribution is 5.96. The maximum absolute atomic E-state index is 12.4. The molecule has 0 amide bonds. The first-order chi connectivity index (χ1) is 34.0. The topological polar surface area (TPSA) is 215 Å². The number of rotatable bonds is 30. The third kappa shape index (κ3) is 27.6. The number of aryl methyl sites for hydroxylation is 2. The van der Waals surface area contributed by atoms with Crippen LogP contribution in [0.3, 0.4) is 0 Å². The Kier molecular flexibility index (Phi) is 26.8. The molecule has 2 unspecified atom stereocenters. The Morgan fingerprint density at radius 2 is 0.831 bits per heavy atom. The number of quaternary nitrogens is 1. The average molecular weight is 984 g/mol. The summed E-state index contributed by atoms with van der Waals surface area (Å²) in [5.41, 5.74) is 3.61. The van der Waals surface area contributed by atoms with Gasteiger partial charge < -0.3 is 42.9 Å². The second-order valence-electron chi connectivity index (χ2n) is 17.5. The number of ketones is 2. The number of nitrogens with zero attached hydrogens (tertiary/aromatic N) is 2. The average Bonchev–Trinajstić information content (AvgIpc) is 3.33. The number of aliphatic hydroxyl groups excluding tert-OH is 1. The number of hydrogen-bond donors (Lipinski definition) is 1. The first kappa shape index (κ1) is 58.2. The van der Waals surface area contributed by atoms with Gasteiger partial charge in [-0.05, 0) is 49.2 Å². The molecule has 0 heterocycles. The van der Waals surface area contributed by atoms with Crippen LogP contribution in [0.2, 0.25) is 0 Å². The van der Waals surface area contributed by atoms with Crippen LogP contribution >= 0.6 is 0 Å². The lowest BCUT2D eigenvalue weighted by atomic mass is 10.1. The van der Waals surface area contributed by atoms with E-state index in [-0.39, 0.29) is 81.4 Å². The number of esters is 6. The predicted molar refractivity (Wildman–Crippen MR) is 260 cm³/mol. The lowest BCUT2D eigenvalue weighted by Crippen LogP contribution is -2.49. The van der Waals surface area contributed by atoms with Gasteiger partial charge in [-0.25, -0.2) is 0 Å². The van der Waals surface area contributed by atoms with Crippen LogP contribution in [-0.4, -0.2) is 142 Å². The number of benzene rings is 4. The third-order valence-electron chi connectivity index (χ3n) is 10.2. The fraction of sp³-hybridized carbons (Fsp3) is 0.407. The maximum Gasteiger partial charge on any atom is 0.317 e. The molecule has 0 radical (unpaired) electrons. The molecule has 17 nitrogen and oxygen atoms in total. The summed E-state index contributed by atoms with van der Waals surface area (Å²) in [5.74, 6) is -4.91. The van der Waals surface area contributed by atoms with Crippen molar-refractivity contribution < 1.29 is 76.4 Å². The summed E-state index contributed by atoms with van der Waals surface area (Å²) in [6.45, 7) is 0.396. The van der Waals surface area contributed by atoms with Gasteiger partial charge in [0.05, 0.1) is 20.7 Å². The van der Waals surface area contributed by atoms with Gasteiger partial charge in [-0.2, -0.15) is 0 Å². The Labute approximate surface area is 415 Å². The van der Waals surface area contributed by atoms with Crippen molar-refractivity contribution in [3.8, 4) is 0 Å². The van der Waals surface area contributed by atoms with E-state index in [9.17, 15) is 43.5 Å². The molecular weight excluding hydrogens is 917 g/mol. The normalized spacial score (nSPS) is 11.7. The minimum absolute atomic E-state index is 0.0400. The number of carbonyl (C=O) groups is 8. The summed E-state index contributed by atoms with van der Waals surface area (Å²) in [4.78, 5) is 98.9. The van der Waals surface area contributed by atoms with E-state index >= 15 is 0 Å². The number of ether oxygens (including phenoxy) is 6. The summed E-state index contributed by atoms with van der Waals surface area (Å²) >= 11 is 0. The Morgan fingerprint density at radius 1 is 0.479 bits per heavy atom. The standard InChI is InChI=1S/C28H36NO8.C26H31NO7/c1-29(2,15-16-30)19-25(37-28(34)17-24(31)14-13-22-9-5-3-6-10-22)21-36-27(33)18-26(32)35-20-23-11-7-4-8-12-23;1-27(2)17-23(34-26(31)15-22(28)14-13-20-9-5-3-6-10-20)19-33-25(30)16-24(29)32-18-21-11-7-4-8-12-21/h3-12,25,30H,13-21H2,1-2H3;3-12,23H,13-19H2,1-2H3/q+1;. The number of likely N-dealkylation sites (N-methyl/N-ethyl adjacent to an activating group) is 2. The van der Waals surface area contributed by atoms with Crippen molar-refractivity contribution in [2.24, 2.45) is 0 Å². The van der Waals surface area contributed by atoms with E-state index < -0.39 is 67.3 Å². The van der Waals surface area contributed by atoms with Gasteiger partial charge in [0.25, 0.3) is 0 Å². The first-order valence-corrected chi connectivity index (χ1v) is 23.3. The lowest BCUT2D eigenvalue weighted by molar-refractivity contribution is -0.893. The largest absolute Gasteiger partial charge is 0.461 e. The van der Waals surface area contributed by atoms with Gasteiger partial charge in [0.2, 0.25) is 0 Å². The van der Waals surface area contributed by atoms with Crippen LogP contribution in [-0.2, 0) is 92.8 Å². The maximum atomic E-state index is 12.4. The molecular formula is C54H67N2O15+. The summed E-state index contributed by atoms with van der Waals surface area (Å²) in [5, 5.41) is 9.31. The molecule has 71 heavy (non-hydrogen) atoms. The molecule has 0 aromatic heterocycles. The fourth-order valence-electron chi connectivity index (χ4n) is 6.67. The Balaban J connectivity index is 0.000000377. The van der Waals surface area contributed by atoms with Crippen molar-refractivity contribution >= 4 is 47.4 Å². The van der Waals surface area contributed by atoms with E-state index in [1.807, 2.05) is 111 Å². The van der Waals surface area contributed by atoms with Crippen LogP contribution in [0.25, 0.3) is 0 Å². The highest BCUT2D eigenvalue weighted by Crippen LogP contribution is 2.11. The molecule has 382 valence electrons. The summed E-state index contributed by atoms with van der Waals surface area (Å²) < 4.78 is 31.5. The van der Waals surface area contributed by atoms with E-state index in [1.54, 1.807) is 43.3 Å². The van der Waals surface area contributed by atoms with Crippen LogP contribution in [0.4, 0.5) is 0 Å². The quantitative estimate of drug-likeness (QED) is 0.0316. The molecule has 0 spiro atoms. The zero-order chi connectivity index (χ0) is 51.9. The highest BCUT2D eigenvalue weighted by atomic mass is 16.6. The summed E-state index contributed by atoms with van der Waals surface area (Å²) in [6, 6.07) is 37.2. The van der Waals surface area contributed by atoms with Gasteiger partial charge in [-0.1, -0.05) is 121 Å². The molecule has 4 aromatic rings. The van der Waals surface area contributed by atoms with Crippen LogP contribution in [0.1, 0.15) is 60.8 Å². The smallest absolute Gasteiger partial charge is 0.317 e. The van der Waals surface area contributed by atoms with Crippen molar-refractivity contribution in [1.82, 2.24) is 4.90 Å². The zero-order valence-electron chi connectivity index (χ0n) is 41.1. The minimum atomic E-state index is -0.861. The highest BCUT2D eigenvalue weighted by Gasteiger charge is 2.28. The minimum Gasteiger partial charge on any atom is -0.461 e. The molecule has 1 N–H and O–H groups in total. The van der Waals surface area contributed by atoms with Crippen LogP contribution in [0, 0.1) is 0 Å². The Bertz CT molecular complexity index is 2260.